The molecule has 0 saturated heterocycles. The van der Waals surface area contributed by atoms with Crippen LogP contribution in [0.1, 0.15) is 12.3 Å². The number of hydrogen-bond donors (Lipinski definition) is 2. The number of halogens is 1. The first-order valence-corrected chi connectivity index (χ1v) is 11.7. The second kappa shape index (κ2) is 10.2. The van der Waals surface area contributed by atoms with Crippen LogP contribution < -0.4 is 10.6 Å². The minimum atomic E-state index is -3.57. The second-order valence-corrected chi connectivity index (χ2v) is 9.13. The number of nitro benzene ring substituents is 1. The Morgan fingerprint density at radius 1 is 1.18 bits per heavy atom. The number of sulfone groups is 1. The molecule has 0 radical (unpaired) electrons. The number of nitrogens with one attached hydrogen (secondary N) is 2. The van der Waals surface area contributed by atoms with Crippen LogP contribution in [0.3, 0.4) is 0 Å². The predicted molar refractivity (Wildman–Crippen MR) is 118 cm³/mol. The first-order valence-electron chi connectivity index (χ1n) is 9.83. The first-order chi connectivity index (χ1) is 15.6. The normalized spacial score (nSPS) is 11.2. The number of benzene rings is 2. The molecule has 10 nitrogen and oxygen atoms in total. The van der Waals surface area contributed by atoms with Gasteiger partial charge in [0.05, 0.1) is 16.0 Å². The van der Waals surface area contributed by atoms with E-state index >= 15 is 0 Å². The van der Waals surface area contributed by atoms with Gasteiger partial charge in [0.1, 0.15) is 11.5 Å². The molecule has 12 heteroatoms. The van der Waals surface area contributed by atoms with E-state index in [2.05, 4.69) is 15.6 Å². The molecule has 0 aliphatic heterocycles. The molecule has 0 spiro atoms. The van der Waals surface area contributed by atoms with Crippen LogP contribution in [-0.2, 0) is 21.1 Å². The van der Waals surface area contributed by atoms with Crippen molar-refractivity contribution in [3.63, 3.8) is 0 Å². The number of amides is 1. The third-order valence-electron chi connectivity index (χ3n) is 4.60. The van der Waals surface area contributed by atoms with Crippen molar-refractivity contribution in [2.75, 3.05) is 24.7 Å². The van der Waals surface area contributed by atoms with E-state index in [0.29, 0.717) is 17.2 Å². The summed E-state index contributed by atoms with van der Waals surface area (Å²) in [5.74, 6) is 0.215. The van der Waals surface area contributed by atoms with Crippen molar-refractivity contribution in [3.8, 4) is 11.3 Å². The molecule has 0 fully saturated rings. The summed E-state index contributed by atoms with van der Waals surface area (Å²) in [6.45, 7) is 0.384. The molecular formula is C21H21FN4O6S. The van der Waals surface area contributed by atoms with Crippen LogP contribution in [0.2, 0.25) is 0 Å². The summed E-state index contributed by atoms with van der Waals surface area (Å²) >= 11 is 0. The molecule has 0 atom stereocenters. The number of carbonyl (C=O) groups is 1. The number of nitro groups is 1. The van der Waals surface area contributed by atoms with Crippen molar-refractivity contribution in [3.05, 3.63) is 70.5 Å². The van der Waals surface area contributed by atoms with Crippen molar-refractivity contribution in [1.82, 2.24) is 10.3 Å². The summed E-state index contributed by atoms with van der Waals surface area (Å²) in [6.07, 6.45) is 2.86. The maximum Gasteiger partial charge on any atom is 0.293 e. The minimum absolute atomic E-state index is 0.118. The fourth-order valence-electron chi connectivity index (χ4n) is 2.92. The number of carbonyl (C=O) groups excluding carboxylic acids is 1. The van der Waals surface area contributed by atoms with Gasteiger partial charge in [0.2, 0.25) is 5.91 Å². The van der Waals surface area contributed by atoms with Gasteiger partial charge in [-0.3, -0.25) is 14.9 Å². The third kappa shape index (κ3) is 6.59. The van der Waals surface area contributed by atoms with E-state index < -0.39 is 14.8 Å². The molecule has 33 heavy (non-hydrogen) atoms. The van der Waals surface area contributed by atoms with E-state index in [4.69, 9.17) is 4.42 Å². The van der Waals surface area contributed by atoms with Gasteiger partial charge in [-0.05, 0) is 36.4 Å². The molecule has 0 bridgehead atoms. The highest BCUT2D eigenvalue weighted by Gasteiger charge is 2.18. The van der Waals surface area contributed by atoms with Crippen LogP contribution in [0.25, 0.3) is 11.3 Å². The van der Waals surface area contributed by atoms with Crippen molar-refractivity contribution in [2.45, 2.75) is 17.7 Å². The fraction of sp³-hybridized carbons (Fsp3) is 0.238. The minimum Gasteiger partial charge on any atom is -0.441 e. The van der Waals surface area contributed by atoms with Gasteiger partial charge >= 0.3 is 0 Å². The lowest BCUT2D eigenvalue weighted by atomic mass is 10.2. The molecule has 3 aromatic rings. The summed E-state index contributed by atoms with van der Waals surface area (Å²) in [4.78, 5) is 26.6. The molecule has 0 aliphatic carbocycles. The van der Waals surface area contributed by atoms with Crippen LogP contribution in [0, 0.1) is 15.9 Å². The fourth-order valence-corrected chi connectivity index (χ4v) is 3.56. The van der Waals surface area contributed by atoms with E-state index in [1.54, 1.807) is 12.1 Å². The van der Waals surface area contributed by atoms with Gasteiger partial charge in [-0.25, -0.2) is 17.8 Å². The maximum absolute atomic E-state index is 13.0. The molecule has 0 saturated carbocycles. The molecular weight excluding hydrogens is 455 g/mol. The van der Waals surface area contributed by atoms with Gasteiger partial charge in [-0.15, -0.1) is 0 Å². The Bertz CT molecular complexity index is 1260. The molecule has 2 N–H and O–H groups in total. The van der Waals surface area contributed by atoms with Crippen LogP contribution >= 0.6 is 0 Å². The van der Waals surface area contributed by atoms with E-state index in [-0.39, 0.29) is 53.9 Å². The molecule has 0 unspecified atom stereocenters. The van der Waals surface area contributed by atoms with Crippen molar-refractivity contribution >= 4 is 27.1 Å². The zero-order valence-electron chi connectivity index (χ0n) is 17.6. The molecule has 3 rings (SSSR count). The largest absolute Gasteiger partial charge is 0.441 e. The van der Waals surface area contributed by atoms with Crippen LogP contribution in [0.4, 0.5) is 15.8 Å². The average Bonchev–Trinajstić information content (AvgIpc) is 3.24. The molecule has 0 aliphatic rings. The maximum atomic E-state index is 13.0. The topological polar surface area (TPSA) is 144 Å². The number of hydrogen-bond acceptors (Lipinski definition) is 8. The Morgan fingerprint density at radius 3 is 2.58 bits per heavy atom. The number of oxazole rings is 1. The van der Waals surface area contributed by atoms with Crippen LogP contribution in [0.5, 0.6) is 0 Å². The predicted octanol–water partition coefficient (Wildman–Crippen LogP) is 2.95. The van der Waals surface area contributed by atoms with E-state index in [1.165, 1.54) is 30.5 Å². The van der Waals surface area contributed by atoms with Gasteiger partial charge in [-0.2, -0.15) is 0 Å². The second-order valence-electron chi connectivity index (χ2n) is 7.11. The van der Waals surface area contributed by atoms with Crippen molar-refractivity contribution < 1.29 is 26.9 Å². The lowest BCUT2D eigenvalue weighted by Crippen LogP contribution is -2.29. The standard InChI is InChI=1S/C21H21FN4O6S/c1-33(30,31)16-6-7-17(18(12-16)26(28)29)23-10-11-24-20(27)8-9-21-25-13-19(32-21)14-2-4-15(22)5-3-14/h2-7,12-13,23H,8-11H2,1H3,(H,24,27). The molecule has 1 heterocycles. The van der Waals surface area contributed by atoms with Crippen molar-refractivity contribution in [1.29, 1.82) is 0 Å². The highest BCUT2D eigenvalue weighted by molar-refractivity contribution is 7.90. The smallest absolute Gasteiger partial charge is 0.293 e. The number of rotatable bonds is 10. The highest BCUT2D eigenvalue weighted by Crippen LogP contribution is 2.27. The van der Waals surface area contributed by atoms with Gasteiger partial charge < -0.3 is 15.1 Å². The highest BCUT2D eigenvalue weighted by atomic mass is 32.2. The third-order valence-corrected chi connectivity index (χ3v) is 5.72. The molecule has 1 amide bonds. The Balaban J connectivity index is 1.46. The van der Waals surface area contributed by atoms with Gasteiger partial charge in [0.15, 0.2) is 21.5 Å². The number of aryl methyl sites for hydroxylation is 1. The summed E-state index contributed by atoms with van der Waals surface area (Å²) in [5, 5.41) is 16.7. The summed E-state index contributed by atoms with van der Waals surface area (Å²) in [7, 11) is -3.57. The summed E-state index contributed by atoms with van der Waals surface area (Å²) in [5.41, 5.74) is 0.448. The van der Waals surface area contributed by atoms with Gasteiger partial charge in [0, 0.05) is 43.8 Å². The van der Waals surface area contributed by atoms with Crippen molar-refractivity contribution in [2.24, 2.45) is 0 Å². The van der Waals surface area contributed by atoms with E-state index in [0.717, 1.165) is 12.3 Å². The Kier molecular flexibility index (Phi) is 7.38. The lowest BCUT2D eigenvalue weighted by molar-refractivity contribution is -0.384. The number of aromatic nitrogens is 1. The first kappa shape index (κ1) is 23.9. The monoisotopic (exact) mass is 476 g/mol. The number of anilines is 1. The summed E-state index contributed by atoms with van der Waals surface area (Å²) < 4.78 is 41.8. The Labute approximate surface area is 188 Å². The number of nitrogens with zero attached hydrogens (tertiary/aromatic N) is 2. The Hall–Kier alpha value is -3.80. The average molecular weight is 476 g/mol. The molecule has 1 aromatic heterocycles. The SMILES string of the molecule is CS(=O)(=O)c1ccc(NCCNC(=O)CCc2ncc(-c3ccc(F)cc3)o2)c([N+](=O)[O-])c1. The zero-order chi connectivity index (χ0) is 24.0. The lowest BCUT2D eigenvalue weighted by Gasteiger charge is -2.09. The van der Waals surface area contributed by atoms with E-state index in [1.807, 2.05) is 0 Å². The van der Waals surface area contributed by atoms with E-state index in [9.17, 15) is 27.7 Å². The summed E-state index contributed by atoms with van der Waals surface area (Å²) in [6, 6.07) is 9.35. The van der Waals surface area contributed by atoms with Gasteiger partial charge in [0.25, 0.3) is 5.69 Å². The molecule has 174 valence electrons. The van der Waals surface area contributed by atoms with Crippen LogP contribution in [-0.4, -0.2) is 43.6 Å². The zero-order valence-corrected chi connectivity index (χ0v) is 18.4. The van der Waals surface area contributed by atoms with Crippen LogP contribution in [0.15, 0.2) is 58.0 Å². The van der Waals surface area contributed by atoms with Gasteiger partial charge in [-0.1, -0.05) is 0 Å². The quantitative estimate of drug-likeness (QED) is 0.258. The molecule has 2 aromatic carbocycles. The Morgan fingerprint density at radius 2 is 1.91 bits per heavy atom.